The van der Waals surface area contributed by atoms with Gasteiger partial charge in [0.2, 0.25) is 0 Å². The van der Waals surface area contributed by atoms with E-state index in [1.807, 2.05) is 0 Å². The van der Waals surface area contributed by atoms with Crippen molar-refractivity contribution in [2.24, 2.45) is 5.73 Å². The molecule has 19 heavy (non-hydrogen) atoms. The molecule has 2 aromatic heterocycles. The fourth-order valence-electron chi connectivity index (χ4n) is 1.90. The molecule has 0 bridgehead atoms. The summed E-state index contributed by atoms with van der Waals surface area (Å²) in [6, 6.07) is 3.52. The predicted molar refractivity (Wildman–Crippen MR) is 63.3 cm³/mol. The van der Waals surface area contributed by atoms with Crippen molar-refractivity contribution in [3.63, 3.8) is 0 Å². The topological polar surface area (TPSA) is 56.7 Å². The Labute approximate surface area is 108 Å². The molecule has 0 fully saturated rings. The summed E-state index contributed by atoms with van der Waals surface area (Å²) in [4.78, 5) is 3.87. The van der Waals surface area contributed by atoms with E-state index in [1.54, 1.807) is 31.5 Å². The molecule has 0 radical (unpaired) electrons. The molecule has 4 nitrogen and oxygen atoms in total. The number of aromatic nitrogens is 3. The molecule has 0 aromatic carbocycles. The molecule has 0 saturated carbocycles. The molecule has 2 rings (SSSR count). The number of hydrogen-bond donors (Lipinski definition) is 1. The summed E-state index contributed by atoms with van der Waals surface area (Å²) in [6.45, 7) is 1.72. The average molecular weight is 270 g/mol. The second-order valence-electron chi connectivity index (χ2n) is 4.26. The van der Waals surface area contributed by atoms with Gasteiger partial charge in [-0.2, -0.15) is 18.3 Å². The first-order valence-corrected chi connectivity index (χ1v) is 5.67. The van der Waals surface area contributed by atoms with E-state index >= 15 is 0 Å². The first-order valence-electron chi connectivity index (χ1n) is 5.67. The molecular formula is C12H13F3N4. The van der Waals surface area contributed by atoms with Crippen LogP contribution in [-0.2, 0) is 6.18 Å². The number of nitrogens with two attached hydrogens (primary N) is 1. The van der Waals surface area contributed by atoms with Crippen LogP contribution in [0.1, 0.15) is 24.2 Å². The quantitative estimate of drug-likeness (QED) is 0.930. The Hall–Kier alpha value is -1.89. The molecule has 0 spiro atoms. The zero-order valence-electron chi connectivity index (χ0n) is 10.2. The van der Waals surface area contributed by atoms with Crippen molar-refractivity contribution in [1.29, 1.82) is 0 Å². The Morgan fingerprint density at radius 3 is 2.32 bits per heavy atom. The Morgan fingerprint density at radius 2 is 1.84 bits per heavy atom. The van der Waals surface area contributed by atoms with E-state index in [2.05, 4.69) is 10.1 Å². The smallest absolute Gasteiger partial charge is 0.326 e. The van der Waals surface area contributed by atoms with Crippen molar-refractivity contribution in [2.75, 3.05) is 0 Å². The summed E-state index contributed by atoms with van der Waals surface area (Å²) >= 11 is 0. The minimum atomic E-state index is -4.45. The van der Waals surface area contributed by atoms with Crippen LogP contribution < -0.4 is 5.73 Å². The maximum atomic E-state index is 12.6. The van der Waals surface area contributed by atoms with Gasteiger partial charge in [-0.15, -0.1) is 0 Å². The summed E-state index contributed by atoms with van der Waals surface area (Å²) in [5.41, 5.74) is 5.70. The van der Waals surface area contributed by atoms with Gasteiger partial charge in [-0.1, -0.05) is 0 Å². The molecule has 2 unspecified atom stereocenters. The highest BCUT2D eigenvalue weighted by molar-refractivity contribution is 5.19. The molecule has 0 aliphatic rings. The Balaban J connectivity index is 2.38. The van der Waals surface area contributed by atoms with Gasteiger partial charge in [0.1, 0.15) is 0 Å². The standard InChI is InChI=1S/C12H13F3N4/c1-8(16)11(9-2-5-17-6-3-9)19-7-4-10(18-19)12(13,14)15/h2-8,11H,16H2,1H3. The summed E-state index contributed by atoms with van der Waals surface area (Å²) < 4.78 is 38.9. The molecule has 0 aliphatic carbocycles. The summed E-state index contributed by atoms with van der Waals surface area (Å²) in [5.74, 6) is 0. The molecule has 0 aliphatic heterocycles. The molecule has 2 aromatic rings. The molecule has 0 amide bonds. The van der Waals surface area contributed by atoms with Crippen molar-refractivity contribution in [3.8, 4) is 0 Å². The van der Waals surface area contributed by atoms with E-state index in [-0.39, 0.29) is 6.04 Å². The maximum absolute atomic E-state index is 12.6. The minimum absolute atomic E-state index is 0.386. The Morgan fingerprint density at radius 1 is 1.21 bits per heavy atom. The monoisotopic (exact) mass is 270 g/mol. The average Bonchev–Trinajstić information content (AvgIpc) is 2.79. The van der Waals surface area contributed by atoms with E-state index in [0.717, 1.165) is 11.6 Å². The van der Waals surface area contributed by atoms with E-state index in [4.69, 9.17) is 5.73 Å². The molecule has 2 heterocycles. The van der Waals surface area contributed by atoms with Crippen LogP contribution in [0, 0.1) is 0 Å². The first kappa shape index (κ1) is 13.5. The summed E-state index contributed by atoms with van der Waals surface area (Å²) in [6.07, 6.45) is -0.0269. The largest absolute Gasteiger partial charge is 0.435 e. The van der Waals surface area contributed by atoms with Crippen LogP contribution in [0.3, 0.4) is 0 Å². The lowest BCUT2D eigenvalue weighted by Gasteiger charge is -2.21. The molecule has 2 N–H and O–H groups in total. The van der Waals surface area contributed by atoms with E-state index in [0.29, 0.717) is 0 Å². The zero-order valence-corrected chi connectivity index (χ0v) is 10.2. The van der Waals surface area contributed by atoms with Gasteiger partial charge < -0.3 is 5.73 Å². The number of hydrogen-bond acceptors (Lipinski definition) is 3. The third kappa shape index (κ3) is 2.93. The van der Waals surface area contributed by atoms with Gasteiger partial charge in [0.15, 0.2) is 5.69 Å². The van der Waals surface area contributed by atoms with Crippen LogP contribution in [0.25, 0.3) is 0 Å². The Kier molecular flexibility index (Phi) is 3.57. The predicted octanol–water partition coefficient (Wildman–Crippen LogP) is 2.23. The van der Waals surface area contributed by atoms with Crippen molar-refractivity contribution < 1.29 is 13.2 Å². The minimum Gasteiger partial charge on any atom is -0.326 e. The van der Waals surface area contributed by atoms with Crippen LogP contribution in [0.2, 0.25) is 0 Å². The van der Waals surface area contributed by atoms with Gasteiger partial charge in [0, 0.05) is 24.6 Å². The van der Waals surface area contributed by atoms with Crippen molar-refractivity contribution in [1.82, 2.24) is 14.8 Å². The van der Waals surface area contributed by atoms with E-state index in [9.17, 15) is 13.2 Å². The van der Waals surface area contributed by atoms with Crippen LogP contribution >= 0.6 is 0 Å². The lowest BCUT2D eigenvalue weighted by atomic mass is 10.0. The van der Waals surface area contributed by atoms with Gasteiger partial charge in [0.25, 0.3) is 0 Å². The van der Waals surface area contributed by atoms with Gasteiger partial charge in [-0.3, -0.25) is 9.67 Å². The van der Waals surface area contributed by atoms with Crippen molar-refractivity contribution in [3.05, 3.63) is 48.0 Å². The molecule has 7 heteroatoms. The maximum Gasteiger partial charge on any atom is 0.435 e. The lowest BCUT2D eigenvalue weighted by Crippen LogP contribution is -2.31. The van der Waals surface area contributed by atoms with Gasteiger partial charge in [0.05, 0.1) is 6.04 Å². The molecular weight excluding hydrogens is 257 g/mol. The highest BCUT2D eigenvalue weighted by atomic mass is 19.4. The zero-order chi connectivity index (χ0) is 14.0. The fraction of sp³-hybridized carbons (Fsp3) is 0.333. The van der Waals surface area contributed by atoms with Gasteiger partial charge in [-0.25, -0.2) is 0 Å². The van der Waals surface area contributed by atoms with E-state index in [1.165, 1.54) is 10.9 Å². The number of alkyl halides is 3. The van der Waals surface area contributed by atoms with Gasteiger partial charge >= 0.3 is 6.18 Å². The highest BCUT2D eigenvalue weighted by Crippen LogP contribution is 2.29. The highest BCUT2D eigenvalue weighted by Gasteiger charge is 2.34. The van der Waals surface area contributed by atoms with Crippen molar-refractivity contribution >= 4 is 0 Å². The summed E-state index contributed by atoms with van der Waals surface area (Å²) in [7, 11) is 0. The number of rotatable bonds is 3. The van der Waals surface area contributed by atoms with Crippen molar-refractivity contribution in [2.45, 2.75) is 25.2 Å². The number of pyridine rings is 1. The third-order valence-electron chi connectivity index (χ3n) is 2.73. The lowest BCUT2D eigenvalue weighted by molar-refractivity contribution is -0.141. The molecule has 102 valence electrons. The first-order chi connectivity index (χ1) is 8.89. The second kappa shape index (κ2) is 5.00. The Bertz CT molecular complexity index is 533. The molecule has 2 atom stereocenters. The normalized spacial score (nSPS) is 15.2. The number of halogens is 3. The van der Waals surface area contributed by atoms with Crippen LogP contribution in [0.5, 0.6) is 0 Å². The molecule has 0 saturated heterocycles. The van der Waals surface area contributed by atoms with Crippen LogP contribution in [0.15, 0.2) is 36.8 Å². The summed E-state index contributed by atoms with van der Waals surface area (Å²) in [5, 5.41) is 3.57. The number of nitrogens with zero attached hydrogens (tertiary/aromatic N) is 3. The van der Waals surface area contributed by atoms with Crippen LogP contribution in [-0.4, -0.2) is 20.8 Å². The fourth-order valence-corrected chi connectivity index (χ4v) is 1.90. The van der Waals surface area contributed by atoms with E-state index < -0.39 is 17.9 Å². The third-order valence-corrected chi connectivity index (χ3v) is 2.73. The second-order valence-corrected chi connectivity index (χ2v) is 4.26. The van der Waals surface area contributed by atoms with Crippen LogP contribution in [0.4, 0.5) is 13.2 Å². The SMILES string of the molecule is CC(N)C(c1ccncc1)n1ccc(C(F)(F)F)n1. The van der Waals surface area contributed by atoms with Gasteiger partial charge in [-0.05, 0) is 30.7 Å².